The Hall–Kier alpha value is -1.09. The predicted molar refractivity (Wildman–Crippen MR) is 62.0 cm³/mol. The maximum atomic E-state index is 11.0. The summed E-state index contributed by atoms with van der Waals surface area (Å²) in [6.07, 6.45) is 3.29. The first-order chi connectivity index (χ1) is 6.63. The minimum atomic E-state index is -0.0996. The molecule has 0 saturated carbocycles. The fourth-order valence-electron chi connectivity index (χ4n) is 1.02. The molecule has 14 heavy (non-hydrogen) atoms. The van der Waals surface area contributed by atoms with Gasteiger partial charge in [-0.05, 0) is 30.2 Å². The molecule has 0 aliphatic carbocycles. The van der Waals surface area contributed by atoms with E-state index in [2.05, 4.69) is 21.2 Å². The number of hydrogen-bond acceptors (Lipinski definition) is 1. The van der Waals surface area contributed by atoms with E-state index in [-0.39, 0.29) is 5.91 Å². The quantitative estimate of drug-likeness (QED) is 0.807. The van der Waals surface area contributed by atoms with Crippen molar-refractivity contribution in [2.45, 2.75) is 6.92 Å². The number of aryl methyl sites for hydroxylation is 1. The smallest absolute Gasteiger partial charge is 0.243 e. The third-order valence-corrected chi connectivity index (χ3v) is 2.50. The normalized spacial score (nSPS) is 10.5. The van der Waals surface area contributed by atoms with Crippen LogP contribution in [-0.2, 0) is 4.79 Å². The standard InChI is InChI=1S/C11H12BrNO/c1-8-3-4-9(10(12)7-8)5-6-11(14)13-2/h3-7H,1-2H3,(H,13,14)/b6-5+. The van der Waals surface area contributed by atoms with Crippen LogP contribution in [0.1, 0.15) is 11.1 Å². The van der Waals surface area contributed by atoms with Gasteiger partial charge in [0.1, 0.15) is 0 Å². The molecule has 1 aromatic carbocycles. The van der Waals surface area contributed by atoms with E-state index < -0.39 is 0 Å². The molecular formula is C11H12BrNO. The lowest BCUT2D eigenvalue weighted by Crippen LogP contribution is -2.13. The Morgan fingerprint density at radius 2 is 2.21 bits per heavy atom. The molecule has 0 saturated heterocycles. The van der Waals surface area contributed by atoms with E-state index in [9.17, 15) is 4.79 Å². The first-order valence-corrected chi connectivity index (χ1v) is 5.08. The number of halogens is 1. The highest BCUT2D eigenvalue weighted by atomic mass is 79.9. The topological polar surface area (TPSA) is 29.1 Å². The minimum absolute atomic E-state index is 0.0996. The second-order valence-corrected chi connectivity index (χ2v) is 3.83. The van der Waals surface area contributed by atoms with Gasteiger partial charge in [0.2, 0.25) is 5.91 Å². The average molecular weight is 254 g/mol. The summed E-state index contributed by atoms with van der Waals surface area (Å²) in [5.41, 5.74) is 2.19. The zero-order valence-electron chi connectivity index (χ0n) is 8.17. The van der Waals surface area contributed by atoms with Gasteiger partial charge in [-0.3, -0.25) is 4.79 Å². The number of benzene rings is 1. The van der Waals surface area contributed by atoms with E-state index in [1.54, 1.807) is 13.1 Å². The maximum Gasteiger partial charge on any atom is 0.243 e. The minimum Gasteiger partial charge on any atom is -0.356 e. The van der Waals surface area contributed by atoms with Crippen molar-refractivity contribution in [3.05, 3.63) is 39.9 Å². The lowest BCUT2D eigenvalue weighted by Gasteiger charge is -1.99. The summed E-state index contributed by atoms with van der Waals surface area (Å²) in [6.45, 7) is 2.02. The van der Waals surface area contributed by atoms with E-state index in [0.29, 0.717) is 0 Å². The van der Waals surface area contributed by atoms with Crippen LogP contribution in [0, 0.1) is 6.92 Å². The molecule has 1 N–H and O–H groups in total. The van der Waals surface area contributed by atoms with Crippen molar-refractivity contribution in [3.8, 4) is 0 Å². The summed E-state index contributed by atoms with van der Waals surface area (Å²) >= 11 is 3.44. The molecule has 0 aliphatic heterocycles. The molecule has 0 bridgehead atoms. The first kappa shape index (κ1) is 11.0. The number of nitrogens with one attached hydrogen (secondary N) is 1. The van der Waals surface area contributed by atoms with Gasteiger partial charge >= 0.3 is 0 Å². The highest BCUT2D eigenvalue weighted by molar-refractivity contribution is 9.10. The summed E-state index contributed by atoms with van der Waals surface area (Å²) in [5.74, 6) is -0.0996. The SMILES string of the molecule is CNC(=O)/C=C/c1ccc(C)cc1Br. The molecule has 0 aliphatic rings. The highest BCUT2D eigenvalue weighted by Gasteiger charge is 1.96. The zero-order valence-corrected chi connectivity index (χ0v) is 9.76. The fourth-order valence-corrected chi connectivity index (χ4v) is 1.64. The Kier molecular flexibility index (Phi) is 3.89. The van der Waals surface area contributed by atoms with Crippen LogP contribution in [0.15, 0.2) is 28.7 Å². The maximum absolute atomic E-state index is 11.0. The Morgan fingerprint density at radius 3 is 2.79 bits per heavy atom. The average Bonchev–Trinajstić information content (AvgIpc) is 2.16. The molecule has 0 aromatic heterocycles. The van der Waals surface area contributed by atoms with Gasteiger partial charge in [0.15, 0.2) is 0 Å². The fraction of sp³-hybridized carbons (Fsp3) is 0.182. The van der Waals surface area contributed by atoms with Crippen molar-refractivity contribution in [1.82, 2.24) is 5.32 Å². The summed E-state index contributed by atoms with van der Waals surface area (Å²) in [5, 5.41) is 2.53. The second-order valence-electron chi connectivity index (χ2n) is 2.97. The summed E-state index contributed by atoms with van der Waals surface area (Å²) in [4.78, 5) is 11.0. The molecule has 1 amide bonds. The van der Waals surface area contributed by atoms with Gasteiger partial charge in [0.05, 0.1) is 0 Å². The Labute approximate surface area is 92.1 Å². The second kappa shape index (κ2) is 4.96. The Balaban J connectivity index is 2.87. The number of hydrogen-bond donors (Lipinski definition) is 1. The van der Waals surface area contributed by atoms with Gasteiger partial charge in [-0.1, -0.05) is 28.1 Å². The molecule has 0 heterocycles. The van der Waals surface area contributed by atoms with Crippen molar-refractivity contribution in [2.24, 2.45) is 0 Å². The van der Waals surface area contributed by atoms with E-state index in [1.165, 1.54) is 11.6 Å². The molecular weight excluding hydrogens is 242 g/mol. The van der Waals surface area contributed by atoms with E-state index >= 15 is 0 Å². The van der Waals surface area contributed by atoms with E-state index in [0.717, 1.165) is 10.0 Å². The third-order valence-electron chi connectivity index (χ3n) is 1.82. The summed E-state index contributed by atoms with van der Waals surface area (Å²) in [7, 11) is 1.61. The molecule has 0 unspecified atom stereocenters. The number of carbonyl (C=O) groups is 1. The molecule has 0 fully saturated rings. The summed E-state index contributed by atoms with van der Waals surface area (Å²) in [6, 6.07) is 6.00. The molecule has 2 nitrogen and oxygen atoms in total. The summed E-state index contributed by atoms with van der Waals surface area (Å²) < 4.78 is 0.998. The lowest BCUT2D eigenvalue weighted by atomic mass is 10.1. The van der Waals surface area contributed by atoms with Gasteiger partial charge < -0.3 is 5.32 Å². The number of amides is 1. The number of rotatable bonds is 2. The van der Waals surface area contributed by atoms with Gasteiger partial charge in [0, 0.05) is 17.6 Å². The van der Waals surface area contributed by atoms with Crippen LogP contribution in [0.25, 0.3) is 6.08 Å². The third kappa shape index (κ3) is 3.00. The molecule has 1 rings (SSSR count). The predicted octanol–water partition coefficient (Wildman–Crippen LogP) is 2.52. The molecule has 3 heteroatoms. The number of likely N-dealkylation sites (N-methyl/N-ethyl adjacent to an activating group) is 1. The van der Waals surface area contributed by atoms with Gasteiger partial charge in [0.25, 0.3) is 0 Å². The van der Waals surface area contributed by atoms with Gasteiger partial charge in [-0.15, -0.1) is 0 Å². The Bertz CT molecular complexity index is 372. The van der Waals surface area contributed by atoms with Crippen molar-refractivity contribution < 1.29 is 4.79 Å². The van der Waals surface area contributed by atoms with Crippen LogP contribution >= 0.6 is 15.9 Å². The highest BCUT2D eigenvalue weighted by Crippen LogP contribution is 2.19. The molecule has 74 valence electrons. The molecule has 0 radical (unpaired) electrons. The molecule has 1 aromatic rings. The molecule has 0 atom stereocenters. The van der Waals surface area contributed by atoms with Crippen molar-refractivity contribution in [1.29, 1.82) is 0 Å². The zero-order chi connectivity index (χ0) is 10.6. The number of carbonyl (C=O) groups excluding carboxylic acids is 1. The Morgan fingerprint density at radius 1 is 1.50 bits per heavy atom. The van der Waals surface area contributed by atoms with E-state index in [1.807, 2.05) is 25.1 Å². The first-order valence-electron chi connectivity index (χ1n) is 4.29. The largest absolute Gasteiger partial charge is 0.356 e. The van der Waals surface area contributed by atoms with Crippen molar-refractivity contribution >= 4 is 27.9 Å². The van der Waals surface area contributed by atoms with Gasteiger partial charge in [-0.2, -0.15) is 0 Å². The van der Waals surface area contributed by atoms with Crippen molar-refractivity contribution in [2.75, 3.05) is 7.05 Å². The van der Waals surface area contributed by atoms with E-state index in [4.69, 9.17) is 0 Å². The van der Waals surface area contributed by atoms with Crippen LogP contribution in [0.5, 0.6) is 0 Å². The van der Waals surface area contributed by atoms with Crippen molar-refractivity contribution in [3.63, 3.8) is 0 Å². The van der Waals surface area contributed by atoms with Crippen LogP contribution in [0.2, 0.25) is 0 Å². The van der Waals surface area contributed by atoms with Crippen LogP contribution in [0.3, 0.4) is 0 Å². The van der Waals surface area contributed by atoms with Gasteiger partial charge in [-0.25, -0.2) is 0 Å². The lowest BCUT2D eigenvalue weighted by molar-refractivity contribution is -0.115. The monoisotopic (exact) mass is 253 g/mol. The van der Waals surface area contributed by atoms with Crippen LogP contribution in [-0.4, -0.2) is 13.0 Å². The van der Waals surface area contributed by atoms with Crippen LogP contribution in [0.4, 0.5) is 0 Å². The van der Waals surface area contributed by atoms with Crippen LogP contribution < -0.4 is 5.32 Å². The molecule has 0 spiro atoms.